The normalized spacial score (nSPS) is 27.1. The van der Waals surface area contributed by atoms with Gasteiger partial charge in [-0.15, -0.1) is 0 Å². The first-order chi connectivity index (χ1) is 7.39. The highest BCUT2D eigenvalue weighted by atomic mass is 16.3. The monoisotopic (exact) mass is 210 g/mol. The van der Waals surface area contributed by atoms with Crippen LogP contribution in [0.2, 0.25) is 0 Å². The van der Waals surface area contributed by atoms with E-state index in [0.29, 0.717) is 0 Å². The van der Waals surface area contributed by atoms with Crippen molar-refractivity contribution in [2.24, 2.45) is 0 Å². The van der Waals surface area contributed by atoms with Crippen LogP contribution in [0.1, 0.15) is 70.6 Å². The van der Waals surface area contributed by atoms with E-state index in [1.165, 1.54) is 57.8 Å². The van der Waals surface area contributed by atoms with Gasteiger partial charge in [0.25, 0.3) is 0 Å². The van der Waals surface area contributed by atoms with E-state index in [4.69, 9.17) is 0 Å². The van der Waals surface area contributed by atoms with E-state index in [-0.39, 0.29) is 6.10 Å². The third kappa shape index (κ3) is 7.61. The third-order valence-electron chi connectivity index (χ3n) is 3.23. The summed E-state index contributed by atoms with van der Waals surface area (Å²) in [6.45, 7) is 0. The van der Waals surface area contributed by atoms with Crippen LogP contribution < -0.4 is 0 Å². The van der Waals surface area contributed by atoms with Crippen molar-refractivity contribution in [2.75, 3.05) is 0 Å². The molecule has 1 nitrogen and oxygen atoms in total. The van der Waals surface area contributed by atoms with Gasteiger partial charge in [-0.2, -0.15) is 0 Å². The van der Waals surface area contributed by atoms with Crippen molar-refractivity contribution < 1.29 is 5.11 Å². The number of allylic oxidation sites excluding steroid dienone is 2. The van der Waals surface area contributed by atoms with Gasteiger partial charge >= 0.3 is 0 Å². The molecule has 88 valence electrons. The van der Waals surface area contributed by atoms with Crippen LogP contribution in [0.5, 0.6) is 0 Å². The predicted molar refractivity (Wildman–Crippen MR) is 65.9 cm³/mol. The molecule has 0 saturated carbocycles. The molecule has 0 bridgehead atoms. The minimum atomic E-state index is -0.0246. The maximum atomic E-state index is 9.71. The topological polar surface area (TPSA) is 20.2 Å². The van der Waals surface area contributed by atoms with Gasteiger partial charge in [-0.25, -0.2) is 0 Å². The van der Waals surface area contributed by atoms with Crippen LogP contribution in [0.4, 0.5) is 0 Å². The van der Waals surface area contributed by atoms with Gasteiger partial charge in [0.15, 0.2) is 0 Å². The highest BCUT2D eigenvalue weighted by Gasteiger charge is 2.03. The molecule has 15 heavy (non-hydrogen) atoms. The Labute approximate surface area is 94.6 Å². The molecule has 0 heterocycles. The fourth-order valence-corrected chi connectivity index (χ4v) is 2.19. The van der Waals surface area contributed by atoms with Crippen LogP contribution in [0, 0.1) is 0 Å². The summed E-state index contributed by atoms with van der Waals surface area (Å²) >= 11 is 0. The number of hydrogen-bond donors (Lipinski definition) is 1. The summed E-state index contributed by atoms with van der Waals surface area (Å²) in [4.78, 5) is 0. The van der Waals surface area contributed by atoms with Crippen LogP contribution >= 0.6 is 0 Å². The third-order valence-corrected chi connectivity index (χ3v) is 3.23. The molecule has 0 amide bonds. The van der Waals surface area contributed by atoms with Gasteiger partial charge in [0, 0.05) is 0 Å². The maximum Gasteiger partial charge on any atom is 0.0540 e. The predicted octanol–water partition coefficient (Wildman–Crippen LogP) is 4.21. The average Bonchev–Trinajstić information content (AvgIpc) is 2.24. The van der Waals surface area contributed by atoms with E-state index in [9.17, 15) is 5.11 Å². The molecule has 1 heteroatoms. The second-order valence-corrected chi connectivity index (χ2v) is 4.75. The zero-order valence-electron chi connectivity index (χ0n) is 9.96. The molecule has 1 rings (SSSR count). The second kappa shape index (κ2) is 8.96. The van der Waals surface area contributed by atoms with E-state index in [1.807, 2.05) is 0 Å². The molecule has 0 saturated heterocycles. The molecule has 0 fully saturated rings. The Morgan fingerprint density at radius 2 is 1.13 bits per heavy atom. The van der Waals surface area contributed by atoms with Gasteiger partial charge in [-0.3, -0.25) is 0 Å². The zero-order valence-corrected chi connectivity index (χ0v) is 9.96. The van der Waals surface area contributed by atoms with Gasteiger partial charge in [0.05, 0.1) is 6.10 Å². The summed E-state index contributed by atoms with van der Waals surface area (Å²) in [6.07, 6.45) is 18.1. The van der Waals surface area contributed by atoms with Gasteiger partial charge in [0.1, 0.15) is 0 Å². The quantitative estimate of drug-likeness (QED) is 0.594. The van der Waals surface area contributed by atoms with Crippen molar-refractivity contribution in [1.82, 2.24) is 0 Å². The highest BCUT2D eigenvalue weighted by molar-refractivity contribution is 4.81. The fourth-order valence-electron chi connectivity index (χ4n) is 2.19. The van der Waals surface area contributed by atoms with Crippen LogP contribution in [0.15, 0.2) is 12.2 Å². The molecule has 1 unspecified atom stereocenters. The fraction of sp³-hybridized carbons (Fsp3) is 0.857. The highest BCUT2D eigenvalue weighted by Crippen LogP contribution is 2.14. The first kappa shape index (κ1) is 12.8. The zero-order chi connectivity index (χ0) is 10.8. The lowest BCUT2D eigenvalue weighted by Crippen LogP contribution is -2.05. The number of rotatable bonds is 0. The standard InChI is InChI=1S/C14H26O/c15-14-12-10-8-6-4-2-1-3-5-7-9-11-13-14/h1-2,14-15H,3-13H2. The summed E-state index contributed by atoms with van der Waals surface area (Å²) in [5.74, 6) is 0. The van der Waals surface area contributed by atoms with Gasteiger partial charge < -0.3 is 5.11 Å². The van der Waals surface area contributed by atoms with Crippen LogP contribution in [0.25, 0.3) is 0 Å². The van der Waals surface area contributed by atoms with Crippen molar-refractivity contribution >= 4 is 0 Å². The SMILES string of the molecule is OC1CCCCCC=CCCCCCC1. The minimum absolute atomic E-state index is 0.0246. The molecule has 0 aliphatic heterocycles. The van der Waals surface area contributed by atoms with Crippen LogP contribution in [-0.2, 0) is 0 Å². The number of aliphatic hydroxyl groups is 1. The van der Waals surface area contributed by atoms with Crippen molar-refractivity contribution in [1.29, 1.82) is 0 Å². The Hall–Kier alpha value is -0.300. The van der Waals surface area contributed by atoms with Crippen LogP contribution in [-0.4, -0.2) is 11.2 Å². The average molecular weight is 210 g/mol. The van der Waals surface area contributed by atoms with E-state index >= 15 is 0 Å². The Kier molecular flexibility index (Phi) is 7.63. The van der Waals surface area contributed by atoms with Crippen molar-refractivity contribution in [3.05, 3.63) is 12.2 Å². The summed E-state index contributed by atoms with van der Waals surface area (Å²) in [5.41, 5.74) is 0. The van der Waals surface area contributed by atoms with E-state index in [1.54, 1.807) is 0 Å². The first-order valence-electron chi connectivity index (χ1n) is 6.72. The lowest BCUT2D eigenvalue weighted by molar-refractivity contribution is 0.147. The largest absolute Gasteiger partial charge is 0.393 e. The van der Waals surface area contributed by atoms with Gasteiger partial charge in [0.2, 0.25) is 0 Å². The molecule has 1 aliphatic carbocycles. The van der Waals surface area contributed by atoms with E-state index in [2.05, 4.69) is 12.2 Å². The molecule has 0 radical (unpaired) electrons. The maximum absolute atomic E-state index is 9.71. The lowest BCUT2D eigenvalue weighted by atomic mass is 10.0. The molecular weight excluding hydrogens is 184 g/mol. The summed E-state index contributed by atoms with van der Waals surface area (Å²) in [7, 11) is 0. The lowest BCUT2D eigenvalue weighted by Gasteiger charge is -2.10. The first-order valence-corrected chi connectivity index (χ1v) is 6.72. The molecule has 0 aromatic heterocycles. The Morgan fingerprint density at radius 1 is 0.667 bits per heavy atom. The van der Waals surface area contributed by atoms with E-state index < -0.39 is 0 Å². The molecule has 1 aliphatic rings. The van der Waals surface area contributed by atoms with Crippen molar-refractivity contribution in [2.45, 2.75) is 76.7 Å². The van der Waals surface area contributed by atoms with Crippen molar-refractivity contribution in [3.63, 3.8) is 0 Å². The number of aliphatic hydroxyl groups excluding tert-OH is 1. The molecule has 0 aromatic rings. The van der Waals surface area contributed by atoms with Gasteiger partial charge in [-0.1, -0.05) is 44.3 Å². The van der Waals surface area contributed by atoms with Crippen LogP contribution in [0.3, 0.4) is 0 Å². The van der Waals surface area contributed by atoms with Gasteiger partial charge in [-0.05, 0) is 38.5 Å². The molecule has 0 aromatic carbocycles. The Balaban J connectivity index is 2.18. The molecule has 1 N–H and O–H groups in total. The smallest absolute Gasteiger partial charge is 0.0540 e. The van der Waals surface area contributed by atoms with E-state index in [0.717, 1.165) is 12.8 Å². The molecule has 1 atom stereocenters. The number of hydrogen-bond acceptors (Lipinski definition) is 1. The minimum Gasteiger partial charge on any atom is -0.393 e. The summed E-state index contributed by atoms with van der Waals surface area (Å²) < 4.78 is 0. The molecule has 0 spiro atoms. The second-order valence-electron chi connectivity index (χ2n) is 4.75. The molecular formula is C14H26O. The summed E-state index contributed by atoms with van der Waals surface area (Å²) in [5, 5.41) is 9.71. The Bertz CT molecular complexity index is 163. The van der Waals surface area contributed by atoms with Crippen molar-refractivity contribution in [3.8, 4) is 0 Å². The Morgan fingerprint density at radius 3 is 1.73 bits per heavy atom. The summed E-state index contributed by atoms with van der Waals surface area (Å²) in [6, 6.07) is 0.